The van der Waals surface area contributed by atoms with E-state index in [4.69, 9.17) is 5.73 Å². The van der Waals surface area contributed by atoms with Gasteiger partial charge in [-0.15, -0.1) is 12.4 Å². The average molecular weight is 349 g/mol. The molecule has 3 N–H and O–H groups in total. The summed E-state index contributed by atoms with van der Waals surface area (Å²) in [6.45, 7) is 0. The topological polar surface area (TPSA) is 72.9 Å². The van der Waals surface area contributed by atoms with Crippen LogP contribution in [0, 0.1) is 5.92 Å². The highest BCUT2D eigenvalue weighted by Crippen LogP contribution is 2.27. The molecule has 0 saturated heterocycles. The fourth-order valence-corrected chi connectivity index (χ4v) is 3.28. The first-order valence-corrected chi connectivity index (χ1v) is 8.37. The number of nitrogens with two attached hydrogens (primary N) is 1. The molecule has 24 heavy (non-hydrogen) atoms. The van der Waals surface area contributed by atoms with Crippen LogP contribution in [-0.4, -0.2) is 21.5 Å². The number of anilines is 1. The lowest BCUT2D eigenvalue weighted by Gasteiger charge is -2.24. The Kier molecular flexibility index (Phi) is 6.82. The van der Waals surface area contributed by atoms with Crippen molar-refractivity contribution in [2.24, 2.45) is 11.7 Å². The first-order chi connectivity index (χ1) is 11.2. The summed E-state index contributed by atoms with van der Waals surface area (Å²) in [5.41, 5.74) is 7.82. The molecule has 1 atom stereocenters. The fourth-order valence-electron chi connectivity index (χ4n) is 3.28. The number of hydrogen-bond acceptors (Lipinski definition) is 3. The van der Waals surface area contributed by atoms with E-state index in [9.17, 15) is 4.79 Å². The fraction of sp³-hybridized carbons (Fsp3) is 0.444. The van der Waals surface area contributed by atoms with Gasteiger partial charge in [0.25, 0.3) is 0 Å². The minimum atomic E-state index is -0.435. The van der Waals surface area contributed by atoms with Gasteiger partial charge >= 0.3 is 0 Å². The second-order valence-electron chi connectivity index (χ2n) is 6.36. The van der Waals surface area contributed by atoms with Crippen molar-refractivity contribution in [3.8, 4) is 5.69 Å². The molecule has 0 spiro atoms. The number of aromatic nitrogens is 2. The number of halogens is 1. The minimum absolute atomic E-state index is 0. The van der Waals surface area contributed by atoms with E-state index in [0.717, 1.165) is 17.8 Å². The number of benzene rings is 1. The number of rotatable bonds is 5. The number of imidazole rings is 1. The Bertz CT molecular complexity index is 638. The average Bonchev–Trinajstić information content (AvgIpc) is 3.10. The largest absolute Gasteiger partial charge is 0.325 e. The molecule has 1 unspecified atom stereocenters. The predicted molar refractivity (Wildman–Crippen MR) is 98.6 cm³/mol. The number of hydrogen-bond donors (Lipinski definition) is 2. The Morgan fingerprint density at radius 3 is 2.83 bits per heavy atom. The highest BCUT2D eigenvalue weighted by Gasteiger charge is 2.21. The van der Waals surface area contributed by atoms with E-state index in [2.05, 4.69) is 10.3 Å². The van der Waals surface area contributed by atoms with E-state index in [1.54, 1.807) is 12.5 Å². The standard InChI is InChI=1S/C18H24N4O.ClH/c19-17(11-14-5-2-1-3-6-14)18(23)21-15-7-4-8-16(12-15)22-10-9-20-13-22;/h4,7-10,12-14,17H,1-3,5-6,11,19H2,(H,21,23);1H. The Morgan fingerprint density at radius 2 is 2.12 bits per heavy atom. The molecule has 1 amide bonds. The number of nitrogens with zero attached hydrogens (tertiary/aromatic N) is 2. The van der Waals surface area contributed by atoms with Crippen molar-refractivity contribution in [3.63, 3.8) is 0 Å². The summed E-state index contributed by atoms with van der Waals surface area (Å²) in [7, 11) is 0. The van der Waals surface area contributed by atoms with Crippen LogP contribution in [-0.2, 0) is 4.79 Å². The summed E-state index contributed by atoms with van der Waals surface area (Å²) >= 11 is 0. The Hall–Kier alpha value is -1.85. The third-order valence-electron chi connectivity index (χ3n) is 4.57. The quantitative estimate of drug-likeness (QED) is 0.868. The highest BCUT2D eigenvalue weighted by molar-refractivity contribution is 5.94. The zero-order valence-corrected chi connectivity index (χ0v) is 14.5. The molecule has 0 aliphatic heterocycles. The van der Waals surface area contributed by atoms with Gasteiger partial charge in [0, 0.05) is 23.8 Å². The molecule has 130 valence electrons. The normalized spacial score (nSPS) is 16.2. The molecule has 1 aliphatic carbocycles. The van der Waals surface area contributed by atoms with Gasteiger partial charge in [-0.25, -0.2) is 4.98 Å². The van der Waals surface area contributed by atoms with Crippen molar-refractivity contribution in [2.75, 3.05) is 5.32 Å². The monoisotopic (exact) mass is 348 g/mol. The second-order valence-corrected chi connectivity index (χ2v) is 6.36. The zero-order valence-electron chi connectivity index (χ0n) is 13.7. The third kappa shape index (κ3) is 4.82. The number of carbonyl (C=O) groups is 1. The number of nitrogens with one attached hydrogen (secondary N) is 1. The van der Waals surface area contributed by atoms with Gasteiger partial charge in [-0.2, -0.15) is 0 Å². The van der Waals surface area contributed by atoms with Gasteiger partial charge in [0.1, 0.15) is 0 Å². The molecule has 1 aromatic carbocycles. The molecule has 2 aromatic rings. The van der Waals surface area contributed by atoms with Gasteiger partial charge in [-0.1, -0.05) is 38.2 Å². The van der Waals surface area contributed by atoms with Crippen LogP contribution in [0.5, 0.6) is 0 Å². The van der Waals surface area contributed by atoms with Crippen molar-refractivity contribution in [3.05, 3.63) is 43.0 Å². The smallest absolute Gasteiger partial charge is 0.241 e. The van der Waals surface area contributed by atoms with Gasteiger partial charge in [-0.05, 0) is 30.5 Å². The summed E-state index contributed by atoms with van der Waals surface area (Å²) in [5.74, 6) is 0.500. The molecule has 1 heterocycles. The van der Waals surface area contributed by atoms with E-state index in [1.807, 2.05) is 35.0 Å². The maximum atomic E-state index is 12.3. The maximum absolute atomic E-state index is 12.3. The lowest BCUT2D eigenvalue weighted by molar-refractivity contribution is -0.117. The molecular formula is C18H25ClN4O. The Morgan fingerprint density at radius 1 is 1.33 bits per heavy atom. The predicted octanol–water partition coefficient (Wildman–Crippen LogP) is 3.53. The molecule has 5 nitrogen and oxygen atoms in total. The first kappa shape index (κ1) is 18.5. The second kappa shape index (κ2) is 8.85. The number of carbonyl (C=O) groups excluding carboxylic acids is 1. The van der Waals surface area contributed by atoms with Crippen LogP contribution in [0.4, 0.5) is 5.69 Å². The van der Waals surface area contributed by atoms with Crippen LogP contribution in [0.15, 0.2) is 43.0 Å². The van der Waals surface area contributed by atoms with Crippen LogP contribution in [0.25, 0.3) is 5.69 Å². The van der Waals surface area contributed by atoms with Crippen molar-refractivity contribution >= 4 is 24.0 Å². The molecule has 1 aromatic heterocycles. The zero-order chi connectivity index (χ0) is 16.1. The Balaban J connectivity index is 0.00000208. The van der Waals surface area contributed by atoms with Crippen molar-refractivity contribution in [2.45, 2.75) is 44.6 Å². The van der Waals surface area contributed by atoms with Crippen LogP contribution in [0.2, 0.25) is 0 Å². The van der Waals surface area contributed by atoms with E-state index in [-0.39, 0.29) is 18.3 Å². The van der Waals surface area contributed by atoms with Crippen LogP contribution in [0.1, 0.15) is 38.5 Å². The van der Waals surface area contributed by atoms with E-state index in [0.29, 0.717) is 5.92 Å². The van der Waals surface area contributed by atoms with Crippen molar-refractivity contribution in [1.82, 2.24) is 9.55 Å². The van der Waals surface area contributed by atoms with Gasteiger partial charge in [0.15, 0.2) is 0 Å². The molecule has 0 bridgehead atoms. The third-order valence-corrected chi connectivity index (χ3v) is 4.57. The molecule has 1 saturated carbocycles. The Labute approximate surface area is 149 Å². The molecule has 0 radical (unpaired) electrons. The lowest BCUT2D eigenvalue weighted by atomic mass is 9.85. The van der Waals surface area contributed by atoms with E-state index in [1.165, 1.54) is 32.1 Å². The molecule has 3 rings (SSSR count). The molecular weight excluding hydrogens is 324 g/mol. The summed E-state index contributed by atoms with van der Waals surface area (Å²) in [5, 5.41) is 2.94. The maximum Gasteiger partial charge on any atom is 0.241 e. The molecule has 6 heteroatoms. The summed E-state index contributed by atoms with van der Waals surface area (Å²) in [4.78, 5) is 16.4. The van der Waals surface area contributed by atoms with Gasteiger partial charge in [0.05, 0.1) is 12.4 Å². The van der Waals surface area contributed by atoms with E-state index >= 15 is 0 Å². The van der Waals surface area contributed by atoms with Crippen LogP contribution >= 0.6 is 12.4 Å². The lowest BCUT2D eigenvalue weighted by Crippen LogP contribution is -2.37. The molecule has 1 fully saturated rings. The van der Waals surface area contributed by atoms with Crippen molar-refractivity contribution < 1.29 is 4.79 Å². The van der Waals surface area contributed by atoms with Gasteiger partial charge < -0.3 is 15.6 Å². The number of amides is 1. The summed E-state index contributed by atoms with van der Waals surface area (Å²) in [6, 6.07) is 7.25. The summed E-state index contributed by atoms with van der Waals surface area (Å²) in [6.07, 6.45) is 12.4. The van der Waals surface area contributed by atoms with Gasteiger partial charge in [0.2, 0.25) is 5.91 Å². The van der Waals surface area contributed by atoms with Crippen LogP contribution in [0.3, 0.4) is 0 Å². The first-order valence-electron chi connectivity index (χ1n) is 8.37. The molecule has 1 aliphatic rings. The van der Waals surface area contributed by atoms with Gasteiger partial charge in [-0.3, -0.25) is 4.79 Å². The minimum Gasteiger partial charge on any atom is -0.325 e. The summed E-state index contributed by atoms with van der Waals surface area (Å²) < 4.78 is 1.90. The highest BCUT2D eigenvalue weighted by atomic mass is 35.5. The van der Waals surface area contributed by atoms with Crippen LogP contribution < -0.4 is 11.1 Å². The van der Waals surface area contributed by atoms with Crippen molar-refractivity contribution in [1.29, 1.82) is 0 Å². The van der Waals surface area contributed by atoms with E-state index < -0.39 is 6.04 Å². The SMILES string of the molecule is Cl.NC(CC1CCCCC1)C(=O)Nc1cccc(-n2ccnc2)c1.